The van der Waals surface area contributed by atoms with Crippen LogP contribution >= 0.6 is 0 Å². The molecule has 0 fully saturated rings. The molecule has 6 heteroatoms. The molecule has 0 radical (unpaired) electrons. The fourth-order valence-corrected chi connectivity index (χ4v) is 3.22. The lowest BCUT2D eigenvalue weighted by Gasteiger charge is -2.06. The topological polar surface area (TPSA) is 56.5 Å². The molecule has 0 aliphatic heterocycles. The Kier molecular flexibility index (Phi) is 4.61. The van der Waals surface area contributed by atoms with E-state index in [0.717, 1.165) is 16.6 Å². The van der Waals surface area contributed by atoms with E-state index < -0.39 is 5.97 Å². The average Bonchev–Trinajstić information content (AvgIpc) is 3.05. The summed E-state index contributed by atoms with van der Waals surface area (Å²) >= 11 is 0. The first-order chi connectivity index (χ1) is 13.6. The number of halogens is 1. The molecule has 4 rings (SSSR count). The van der Waals surface area contributed by atoms with Crippen LogP contribution in [0.3, 0.4) is 0 Å². The van der Waals surface area contributed by atoms with Gasteiger partial charge < -0.3 is 4.74 Å². The molecule has 3 heterocycles. The number of esters is 1. The number of rotatable bonds is 4. The van der Waals surface area contributed by atoms with Crippen LogP contribution in [-0.4, -0.2) is 27.7 Å². The number of carbonyl (C=O) groups excluding carboxylic acids is 1. The first-order valence-corrected chi connectivity index (χ1v) is 8.84. The summed E-state index contributed by atoms with van der Waals surface area (Å²) in [6, 6.07) is 15.7. The van der Waals surface area contributed by atoms with Crippen molar-refractivity contribution in [1.82, 2.24) is 14.6 Å². The fraction of sp³-hybridized carbons (Fsp3) is 0.136. The van der Waals surface area contributed by atoms with Crippen molar-refractivity contribution in [1.29, 1.82) is 0 Å². The van der Waals surface area contributed by atoms with Crippen molar-refractivity contribution in [3.8, 4) is 11.3 Å². The number of hydrogen-bond donors (Lipinski definition) is 0. The summed E-state index contributed by atoms with van der Waals surface area (Å²) in [5, 5.41) is 4.63. The van der Waals surface area contributed by atoms with Gasteiger partial charge in [-0.25, -0.2) is 18.7 Å². The minimum Gasteiger partial charge on any atom is -0.464 e. The maximum Gasteiger partial charge on any atom is 0.356 e. The maximum atomic E-state index is 14.5. The van der Waals surface area contributed by atoms with Gasteiger partial charge in [0.15, 0.2) is 0 Å². The maximum absolute atomic E-state index is 14.5. The summed E-state index contributed by atoms with van der Waals surface area (Å²) in [5.74, 6) is -0.827. The fourth-order valence-electron chi connectivity index (χ4n) is 3.22. The van der Waals surface area contributed by atoms with Crippen LogP contribution in [0.25, 0.3) is 16.8 Å². The zero-order chi connectivity index (χ0) is 19.7. The molecule has 3 aromatic heterocycles. The van der Waals surface area contributed by atoms with Gasteiger partial charge in [-0.2, -0.15) is 5.10 Å². The third-order valence-electron chi connectivity index (χ3n) is 4.57. The third kappa shape index (κ3) is 3.24. The van der Waals surface area contributed by atoms with Crippen LogP contribution in [0.4, 0.5) is 4.39 Å². The molecule has 0 saturated heterocycles. The van der Waals surface area contributed by atoms with Crippen molar-refractivity contribution >= 4 is 11.5 Å². The molecule has 0 amide bonds. The van der Waals surface area contributed by atoms with E-state index in [1.54, 1.807) is 34.8 Å². The third-order valence-corrected chi connectivity index (χ3v) is 4.57. The molecule has 0 aliphatic rings. The van der Waals surface area contributed by atoms with Crippen molar-refractivity contribution in [3.63, 3.8) is 0 Å². The number of methoxy groups -OCH3 is 1. The second-order valence-electron chi connectivity index (χ2n) is 6.53. The van der Waals surface area contributed by atoms with Crippen LogP contribution < -0.4 is 0 Å². The Morgan fingerprint density at radius 2 is 1.93 bits per heavy atom. The standard InChI is InChI=1S/C22H18FN3O2/c1-14-10-11-20-17(12-15-6-5-9-19(24-15)22(27)28-2)21(25-26(20)13-14)16-7-3-4-8-18(16)23/h3-11,13H,12H2,1-2H3. The molecule has 0 atom stereocenters. The molecule has 28 heavy (non-hydrogen) atoms. The molecule has 0 aliphatic carbocycles. The smallest absolute Gasteiger partial charge is 0.356 e. The second-order valence-corrected chi connectivity index (χ2v) is 6.53. The molecule has 0 bridgehead atoms. The predicted octanol–water partition coefficient (Wildman–Crippen LogP) is 4.22. The SMILES string of the molecule is COC(=O)c1cccc(Cc2c(-c3ccccc3F)nn3cc(C)ccc23)n1. The summed E-state index contributed by atoms with van der Waals surface area (Å²) in [4.78, 5) is 16.2. The highest BCUT2D eigenvalue weighted by Gasteiger charge is 2.19. The lowest BCUT2D eigenvalue weighted by molar-refractivity contribution is 0.0593. The molecule has 1 aromatic carbocycles. The molecule has 140 valence electrons. The number of pyridine rings is 2. The molecule has 0 spiro atoms. The van der Waals surface area contributed by atoms with Gasteiger partial charge in [-0.15, -0.1) is 0 Å². The van der Waals surface area contributed by atoms with Crippen molar-refractivity contribution in [2.75, 3.05) is 7.11 Å². The van der Waals surface area contributed by atoms with E-state index in [1.807, 2.05) is 31.3 Å². The van der Waals surface area contributed by atoms with E-state index in [2.05, 4.69) is 10.1 Å². The Hall–Kier alpha value is -3.54. The summed E-state index contributed by atoms with van der Waals surface area (Å²) in [5.41, 5.74) is 4.67. The number of benzene rings is 1. The molecular weight excluding hydrogens is 357 g/mol. The zero-order valence-electron chi connectivity index (χ0n) is 15.5. The lowest BCUT2D eigenvalue weighted by Crippen LogP contribution is -2.06. The Labute approximate surface area is 161 Å². The minimum absolute atomic E-state index is 0.236. The highest BCUT2D eigenvalue weighted by Crippen LogP contribution is 2.30. The Morgan fingerprint density at radius 1 is 1.11 bits per heavy atom. The number of aryl methyl sites for hydroxylation is 1. The molecule has 0 N–H and O–H groups in total. The first kappa shape index (κ1) is 17.9. The van der Waals surface area contributed by atoms with E-state index in [0.29, 0.717) is 23.4 Å². The second kappa shape index (κ2) is 7.23. The molecule has 0 unspecified atom stereocenters. The highest BCUT2D eigenvalue weighted by molar-refractivity contribution is 5.87. The molecule has 5 nitrogen and oxygen atoms in total. The normalized spacial score (nSPS) is 11.0. The summed E-state index contributed by atoms with van der Waals surface area (Å²) in [7, 11) is 1.32. The van der Waals surface area contributed by atoms with E-state index in [4.69, 9.17) is 4.74 Å². The van der Waals surface area contributed by atoms with Crippen LogP contribution in [-0.2, 0) is 11.2 Å². The number of fused-ring (bicyclic) bond motifs is 1. The van der Waals surface area contributed by atoms with Crippen molar-refractivity contribution < 1.29 is 13.9 Å². The Morgan fingerprint density at radius 3 is 2.71 bits per heavy atom. The molecule has 0 saturated carbocycles. The van der Waals surface area contributed by atoms with Crippen molar-refractivity contribution in [3.05, 3.63) is 89.1 Å². The Bertz CT molecular complexity index is 1180. The monoisotopic (exact) mass is 375 g/mol. The van der Waals surface area contributed by atoms with Gasteiger partial charge in [0.2, 0.25) is 0 Å². The van der Waals surface area contributed by atoms with Gasteiger partial charge in [0.1, 0.15) is 11.5 Å². The van der Waals surface area contributed by atoms with E-state index in [1.165, 1.54) is 13.2 Å². The average molecular weight is 375 g/mol. The van der Waals surface area contributed by atoms with E-state index >= 15 is 0 Å². The van der Waals surface area contributed by atoms with Gasteiger partial charge >= 0.3 is 5.97 Å². The summed E-state index contributed by atoms with van der Waals surface area (Å²) in [6.07, 6.45) is 2.31. The van der Waals surface area contributed by atoms with E-state index in [-0.39, 0.29) is 11.5 Å². The largest absolute Gasteiger partial charge is 0.464 e. The van der Waals surface area contributed by atoms with Gasteiger partial charge in [-0.05, 0) is 42.8 Å². The van der Waals surface area contributed by atoms with Crippen LogP contribution in [0.2, 0.25) is 0 Å². The predicted molar refractivity (Wildman–Crippen MR) is 104 cm³/mol. The van der Waals surface area contributed by atoms with Gasteiger partial charge in [0.05, 0.1) is 18.3 Å². The van der Waals surface area contributed by atoms with Crippen LogP contribution in [0.15, 0.2) is 60.8 Å². The highest BCUT2D eigenvalue weighted by atomic mass is 19.1. The Balaban J connectivity index is 1.87. The number of hydrogen-bond acceptors (Lipinski definition) is 4. The van der Waals surface area contributed by atoms with Gasteiger partial charge in [-0.3, -0.25) is 0 Å². The summed E-state index contributed by atoms with van der Waals surface area (Å²) in [6.45, 7) is 1.98. The first-order valence-electron chi connectivity index (χ1n) is 8.84. The molecular formula is C22H18FN3O2. The van der Waals surface area contributed by atoms with Crippen molar-refractivity contribution in [2.24, 2.45) is 0 Å². The number of nitrogens with zero attached hydrogens (tertiary/aromatic N) is 3. The molecule has 4 aromatic rings. The van der Waals surface area contributed by atoms with E-state index in [9.17, 15) is 9.18 Å². The van der Waals surface area contributed by atoms with Gasteiger partial charge in [0.25, 0.3) is 0 Å². The van der Waals surface area contributed by atoms with Crippen LogP contribution in [0.1, 0.15) is 27.3 Å². The van der Waals surface area contributed by atoms with Gasteiger partial charge in [0, 0.05) is 29.4 Å². The number of aromatic nitrogens is 3. The van der Waals surface area contributed by atoms with Crippen LogP contribution in [0, 0.1) is 12.7 Å². The number of ether oxygens (including phenoxy) is 1. The van der Waals surface area contributed by atoms with Crippen LogP contribution in [0.5, 0.6) is 0 Å². The zero-order valence-corrected chi connectivity index (χ0v) is 15.5. The summed E-state index contributed by atoms with van der Waals surface area (Å²) < 4.78 is 21.0. The quantitative estimate of drug-likeness (QED) is 0.501. The lowest BCUT2D eigenvalue weighted by atomic mass is 10.0. The van der Waals surface area contributed by atoms with Crippen molar-refractivity contribution in [2.45, 2.75) is 13.3 Å². The minimum atomic E-state index is -0.494. The van der Waals surface area contributed by atoms with Gasteiger partial charge in [-0.1, -0.05) is 24.3 Å². The number of carbonyl (C=O) groups is 1.